The molecule has 0 bridgehead atoms. The second-order valence-corrected chi connectivity index (χ2v) is 11.9. The number of carbonyl (C=O) groups excluding carboxylic acids is 2. The van der Waals surface area contributed by atoms with Crippen LogP contribution in [0.3, 0.4) is 0 Å². The summed E-state index contributed by atoms with van der Waals surface area (Å²) in [6, 6.07) is 8.61. The fourth-order valence-electron chi connectivity index (χ4n) is 4.95. The molecule has 2 aliphatic heterocycles. The minimum atomic E-state index is -4.67. The zero-order valence-electron chi connectivity index (χ0n) is 23.5. The van der Waals surface area contributed by atoms with Crippen LogP contribution in [-0.2, 0) is 6.18 Å². The first-order valence-corrected chi connectivity index (χ1v) is 14.9. The van der Waals surface area contributed by atoms with E-state index < -0.39 is 23.6 Å². The number of halogens is 3. The minimum Gasteiger partial charge on any atom is -0.490 e. The van der Waals surface area contributed by atoms with E-state index in [1.54, 1.807) is 24.4 Å². The number of carbonyl (C=O) groups is 2. The highest BCUT2D eigenvalue weighted by molar-refractivity contribution is 7.13. The van der Waals surface area contributed by atoms with Crippen molar-refractivity contribution in [1.29, 1.82) is 0 Å². The van der Waals surface area contributed by atoms with E-state index in [0.29, 0.717) is 47.2 Å². The number of piperidine rings is 1. The van der Waals surface area contributed by atoms with Gasteiger partial charge in [0.15, 0.2) is 10.6 Å². The second kappa shape index (κ2) is 11.5. The van der Waals surface area contributed by atoms with Gasteiger partial charge in [-0.05, 0) is 75.5 Å². The van der Waals surface area contributed by atoms with E-state index in [1.165, 1.54) is 29.5 Å². The summed E-state index contributed by atoms with van der Waals surface area (Å²) in [6.07, 6.45) is -1.55. The molecule has 0 atom stereocenters. The molecule has 1 saturated heterocycles. The summed E-state index contributed by atoms with van der Waals surface area (Å²) in [5, 5.41) is 14.6. The number of nitrogens with one attached hydrogen (secondary N) is 3. The Bertz CT molecular complexity index is 1650. The van der Waals surface area contributed by atoms with E-state index in [1.807, 2.05) is 7.05 Å². The number of thiophene rings is 1. The number of aryl methyl sites for hydroxylation is 1. The number of hydrogen-bond donors (Lipinski definition) is 3. The Morgan fingerprint density at radius 1 is 1.05 bits per heavy atom. The third-order valence-electron chi connectivity index (χ3n) is 7.64. The molecule has 2 aromatic carbocycles. The molecule has 0 spiro atoms. The largest absolute Gasteiger partial charge is 0.490 e. The van der Waals surface area contributed by atoms with Gasteiger partial charge >= 0.3 is 12.0 Å². The van der Waals surface area contributed by atoms with Crippen molar-refractivity contribution in [2.45, 2.75) is 50.9 Å². The molecule has 3 aromatic rings. The number of alkyl halides is 3. The van der Waals surface area contributed by atoms with Gasteiger partial charge in [0.05, 0.1) is 17.2 Å². The first-order valence-electron chi connectivity index (χ1n) is 14.0. The van der Waals surface area contributed by atoms with E-state index in [0.717, 1.165) is 36.9 Å². The number of amides is 2. The fourth-order valence-corrected chi connectivity index (χ4v) is 5.87. The summed E-state index contributed by atoms with van der Waals surface area (Å²) in [5.74, 6) is -0.609. The molecule has 9 nitrogen and oxygen atoms in total. The van der Waals surface area contributed by atoms with Crippen LogP contribution in [0.4, 0.5) is 30.2 Å². The average Bonchev–Trinajstić information content (AvgIpc) is 3.55. The van der Waals surface area contributed by atoms with Gasteiger partial charge in [-0.2, -0.15) is 13.2 Å². The molecule has 13 heteroatoms. The number of amidine groups is 1. The maximum Gasteiger partial charge on any atom is 0.420 e. The number of ether oxygens (including phenoxy) is 1. The monoisotopic (exact) mass is 611 g/mol. The lowest BCUT2D eigenvalue weighted by Crippen LogP contribution is -2.36. The minimum absolute atomic E-state index is 0.0229. The molecule has 6 rings (SSSR count). The maximum absolute atomic E-state index is 13.9. The Morgan fingerprint density at radius 3 is 2.53 bits per heavy atom. The molecule has 0 unspecified atom stereocenters. The summed E-state index contributed by atoms with van der Waals surface area (Å²) in [6.45, 7) is 3.27. The van der Waals surface area contributed by atoms with Gasteiger partial charge in [0.1, 0.15) is 11.9 Å². The highest BCUT2D eigenvalue weighted by Crippen LogP contribution is 2.39. The molecule has 2 fully saturated rings. The average molecular weight is 612 g/mol. The number of benzene rings is 2. The topological polar surface area (TPSA) is 109 Å². The van der Waals surface area contributed by atoms with Crippen molar-refractivity contribution in [3.8, 4) is 5.75 Å². The number of fused-ring (bicyclic) bond motifs is 1. The van der Waals surface area contributed by atoms with Crippen molar-refractivity contribution in [2.75, 3.05) is 30.8 Å². The lowest BCUT2D eigenvalue weighted by Gasteiger charge is -2.30. The summed E-state index contributed by atoms with van der Waals surface area (Å²) in [5.41, 5.74) is 1.16. The van der Waals surface area contributed by atoms with Crippen molar-refractivity contribution in [3.05, 3.63) is 68.9 Å². The molecule has 3 heterocycles. The molecular formula is C30H30F3N6O3S+. The van der Waals surface area contributed by atoms with Crippen LogP contribution < -0.4 is 20.7 Å². The number of anilines is 2. The number of hydrogen-bond acceptors (Lipinski definition) is 7. The number of nitrogens with zero attached hydrogens (tertiary/aromatic N) is 3. The van der Waals surface area contributed by atoms with E-state index in [4.69, 9.17) is 4.74 Å². The summed E-state index contributed by atoms with van der Waals surface area (Å²) < 4.78 is 47.6. The van der Waals surface area contributed by atoms with Gasteiger partial charge in [-0.15, -0.1) is 11.3 Å². The maximum atomic E-state index is 13.9. The van der Waals surface area contributed by atoms with Crippen LogP contribution in [0.15, 0.2) is 46.9 Å². The Morgan fingerprint density at radius 2 is 1.81 bits per heavy atom. The molecule has 1 aliphatic carbocycles. The molecule has 1 saturated carbocycles. The van der Waals surface area contributed by atoms with Gasteiger partial charge < -0.3 is 20.3 Å². The van der Waals surface area contributed by atoms with Crippen LogP contribution in [0, 0.1) is 6.92 Å². The predicted octanol–water partition coefficient (Wildman–Crippen LogP) is 5.86. The smallest absolute Gasteiger partial charge is 0.420 e. The van der Waals surface area contributed by atoms with Crippen LogP contribution >= 0.6 is 11.3 Å². The van der Waals surface area contributed by atoms with Gasteiger partial charge in [-0.3, -0.25) is 14.9 Å². The van der Waals surface area contributed by atoms with Crippen LogP contribution in [0.25, 0.3) is 0 Å². The van der Waals surface area contributed by atoms with Crippen molar-refractivity contribution < 1.29 is 32.3 Å². The van der Waals surface area contributed by atoms with E-state index in [9.17, 15) is 22.8 Å². The standard InChI is InChI=1S/C30H29F3N6O3S/c1-16-3-4-17(13-23(16)36-29(41)21-15-43-26-25(21)37-38-27(26)34-18-5-6-18)28(40)35-19-7-8-24(22(14-19)30(31,32)33)42-20-9-11-39(2)12-10-20/h3-4,7-8,13-15,18,20H,5-6,9-12H2,1-2H3,(H2,35,36,40,41)/p+1. The SMILES string of the molecule is Cc1ccc(C(=O)Nc2ccc(OC3CCN(C)CC3)c(C(F)(F)F)c2)cc1NC(=O)c1csc2c1N=[N+]=C2NC1CC1. The van der Waals surface area contributed by atoms with Crippen molar-refractivity contribution in [1.82, 2.24) is 10.2 Å². The summed E-state index contributed by atoms with van der Waals surface area (Å²) >= 11 is 1.38. The lowest BCUT2D eigenvalue weighted by atomic mass is 10.1. The van der Waals surface area contributed by atoms with Crippen molar-refractivity contribution in [3.63, 3.8) is 0 Å². The first kappa shape index (κ1) is 28.9. The first-order chi connectivity index (χ1) is 20.5. The van der Waals surface area contributed by atoms with Crippen LogP contribution in [0.2, 0.25) is 0 Å². The van der Waals surface area contributed by atoms with Crippen LogP contribution in [0.1, 0.15) is 62.4 Å². The van der Waals surface area contributed by atoms with Crippen LogP contribution in [-0.4, -0.2) is 59.6 Å². The Hall–Kier alpha value is -4.19. The molecule has 3 N–H and O–H groups in total. The van der Waals surface area contributed by atoms with Gasteiger partial charge in [-0.1, -0.05) is 10.9 Å². The third kappa shape index (κ3) is 6.43. The van der Waals surface area contributed by atoms with Crippen molar-refractivity contribution >= 4 is 46.0 Å². The van der Waals surface area contributed by atoms with Gasteiger partial charge in [0.2, 0.25) is 0 Å². The third-order valence-corrected chi connectivity index (χ3v) is 8.62. The predicted molar refractivity (Wildman–Crippen MR) is 157 cm³/mol. The zero-order chi connectivity index (χ0) is 30.3. The normalized spacial score (nSPS) is 16.9. The Balaban J connectivity index is 1.15. The molecular weight excluding hydrogens is 581 g/mol. The van der Waals surface area contributed by atoms with Crippen molar-refractivity contribution in [2.24, 2.45) is 5.11 Å². The lowest BCUT2D eigenvalue weighted by molar-refractivity contribution is -0.139. The molecule has 3 aliphatic rings. The van der Waals surface area contributed by atoms with Gasteiger partial charge in [0.25, 0.3) is 11.8 Å². The molecule has 0 radical (unpaired) electrons. The molecule has 224 valence electrons. The highest BCUT2D eigenvalue weighted by Gasteiger charge is 2.37. The summed E-state index contributed by atoms with van der Waals surface area (Å²) in [7, 11) is 1.96. The van der Waals surface area contributed by atoms with Crippen LogP contribution in [0.5, 0.6) is 5.75 Å². The summed E-state index contributed by atoms with van der Waals surface area (Å²) in [4.78, 5) is 33.3. The molecule has 43 heavy (non-hydrogen) atoms. The Labute approximate surface area is 249 Å². The fraction of sp³-hybridized carbons (Fsp3) is 0.367. The molecule has 2 amide bonds. The zero-order valence-corrected chi connectivity index (χ0v) is 24.4. The Kier molecular flexibility index (Phi) is 7.72. The highest BCUT2D eigenvalue weighted by atomic mass is 32.1. The van der Waals surface area contributed by atoms with Gasteiger partial charge in [-0.25, -0.2) is 0 Å². The molecule has 1 aromatic heterocycles. The van der Waals surface area contributed by atoms with E-state index in [2.05, 4.69) is 30.8 Å². The van der Waals surface area contributed by atoms with E-state index >= 15 is 0 Å². The van der Waals surface area contributed by atoms with Gasteiger partial charge in [0, 0.05) is 40.5 Å². The second-order valence-electron chi connectivity index (χ2n) is 11.1. The number of likely N-dealkylation sites (tertiary alicyclic amines) is 1. The van der Waals surface area contributed by atoms with E-state index in [-0.39, 0.29) is 23.1 Å². The quantitative estimate of drug-likeness (QED) is 0.290. The number of rotatable bonds is 7.